The predicted octanol–water partition coefficient (Wildman–Crippen LogP) is 2.92. The number of nitrogen functional groups attached to an aromatic ring is 1. The summed E-state index contributed by atoms with van der Waals surface area (Å²) in [5.41, 5.74) is 6.94. The predicted molar refractivity (Wildman–Crippen MR) is 85.6 cm³/mol. The van der Waals surface area contributed by atoms with Crippen molar-refractivity contribution in [1.82, 2.24) is 4.57 Å². The van der Waals surface area contributed by atoms with Crippen LogP contribution in [0.15, 0.2) is 30.3 Å². The molecule has 1 aliphatic rings. The molecule has 0 saturated carbocycles. The lowest BCUT2D eigenvalue weighted by molar-refractivity contribution is 0.0952. The lowest BCUT2D eigenvalue weighted by Gasteiger charge is -2.16. The Morgan fingerprint density at radius 3 is 2.83 bits per heavy atom. The van der Waals surface area contributed by atoms with Crippen LogP contribution in [0.1, 0.15) is 18.5 Å². The van der Waals surface area contributed by atoms with Crippen molar-refractivity contribution < 1.29 is 14.2 Å². The van der Waals surface area contributed by atoms with Crippen LogP contribution in [0.2, 0.25) is 0 Å². The molecule has 1 atom stereocenters. The largest absolute Gasteiger partial charge is 0.493 e. The van der Waals surface area contributed by atoms with Crippen LogP contribution in [0, 0.1) is 11.3 Å². The van der Waals surface area contributed by atoms with Gasteiger partial charge in [0.1, 0.15) is 11.8 Å². The van der Waals surface area contributed by atoms with Gasteiger partial charge in [-0.25, -0.2) is 0 Å². The molecule has 1 saturated heterocycles. The summed E-state index contributed by atoms with van der Waals surface area (Å²) in [6, 6.07) is 11.1. The van der Waals surface area contributed by atoms with E-state index in [4.69, 9.17) is 19.9 Å². The highest BCUT2D eigenvalue weighted by Gasteiger charge is 2.22. The standard InChI is InChI=1S/C17H19N3O3/c1-21-15-6-2-3-7-16(15)23-17-14(19)9-12(10-18)20(17)11-13-5-4-8-22-13/h2-3,6-7,9,13H,4-5,8,11,19H2,1H3/t13-/m0/s1. The quantitative estimate of drug-likeness (QED) is 0.917. The maximum atomic E-state index is 9.35. The Labute approximate surface area is 135 Å². The molecule has 120 valence electrons. The zero-order valence-electron chi connectivity index (χ0n) is 13.0. The van der Waals surface area contributed by atoms with Crippen LogP contribution in [0.25, 0.3) is 0 Å². The molecule has 0 aliphatic carbocycles. The molecule has 1 aromatic heterocycles. The summed E-state index contributed by atoms with van der Waals surface area (Å²) in [6.07, 6.45) is 2.08. The molecule has 2 aromatic rings. The number of ether oxygens (including phenoxy) is 3. The third-order valence-corrected chi connectivity index (χ3v) is 3.88. The van der Waals surface area contributed by atoms with Crippen LogP contribution in [0.3, 0.4) is 0 Å². The number of aromatic nitrogens is 1. The normalized spacial score (nSPS) is 17.0. The summed E-state index contributed by atoms with van der Waals surface area (Å²) >= 11 is 0. The van der Waals surface area contributed by atoms with Crippen LogP contribution in [-0.2, 0) is 11.3 Å². The number of nitrogens with zero attached hydrogens (tertiary/aromatic N) is 2. The Morgan fingerprint density at radius 1 is 1.39 bits per heavy atom. The highest BCUT2D eigenvalue weighted by Crippen LogP contribution is 2.36. The van der Waals surface area contributed by atoms with Crippen molar-refractivity contribution in [3.63, 3.8) is 0 Å². The first-order valence-electron chi connectivity index (χ1n) is 7.54. The molecule has 0 amide bonds. The number of anilines is 1. The molecule has 0 unspecified atom stereocenters. The zero-order valence-corrected chi connectivity index (χ0v) is 13.0. The second-order valence-electron chi connectivity index (χ2n) is 5.40. The van der Waals surface area contributed by atoms with E-state index in [-0.39, 0.29) is 6.10 Å². The highest BCUT2D eigenvalue weighted by atomic mass is 16.5. The van der Waals surface area contributed by atoms with Crippen molar-refractivity contribution in [1.29, 1.82) is 5.26 Å². The summed E-state index contributed by atoms with van der Waals surface area (Å²) in [7, 11) is 1.58. The molecule has 2 N–H and O–H groups in total. The van der Waals surface area contributed by atoms with Gasteiger partial charge in [-0.3, -0.25) is 4.57 Å². The van der Waals surface area contributed by atoms with E-state index in [1.165, 1.54) is 0 Å². The van der Waals surface area contributed by atoms with Crippen molar-refractivity contribution in [2.45, 2.75) is 25.5 Å². The van der Waals surface area contributed by atoms with E-state index in [9.17, 15) is 5.26 Å². The molecule has 0 radical (unpaired) electrons. The average molecular weight is 313 g/mol. The Kier molecular flexibility index (Phi) is 4.40. The number of methoxy groups -OCH3 is 1. The van der Waals surface area contributed by atoms with E-state index < -0.39 is 0 Å². The molecule has 23 heavy (non-hydrogen) atoms. The van der Waals surface area contributed by atoms with Gasteiger partial charge in [-0.2, -0.15) is 5.26 Å². The Balaban J connectivity index is 1.94. The molecule has 2 heterocycles. The number of nitriles is 1. The van der Waals surface area contributed by atoms with Crippen LogP contribution >= 0.6 is 0 Å². The molecule has 0 spiro atoms. The van der Waals surface area contributed by atoms with Gasteiger partial charge < -0.3 is 19.9 Å². The number of hydrogen-bond donors (Lipinski definition) is 1. The minimum absolute atomic E-state index is 0.0777. The van der Waals surface area contributed by atoms with E-state index in [0.29, 0.717) is 35.3 Å². The van der Waals surface area contributed by atoms with Crippen LogP contribution in [0.4, 0.5) is 5.69 Å². The van der Waals surface area contributed by atoms with Gasteiger partial charge in [-0.05, 0) is 25.0 Å². The number of nitrogens with two attached hydrogens (primary N) is 1. The minimum Gasteiger partial charge on any atom is -0.493 e. The summed E-state index contributed by atoms with van der Waals surface area (Å²) in [5, 5.41) is 9.35. The Hall–Kier alpha value is -2.65. The molecular weight excluding hydrogens is 294 g/mol. The smallest absolute Gasteiger partial charge is 0.224 e. The van der Waals surface area contributed by atoms with Crippen LogP contribution in [-0.4, -0.2) is 24.4 Å². The first kappa shape index (κ1) is 15.3. The number of hydrogen-bond acceptors (Lipinski definition) is 5. The van der Waals surface area contributed by atoms with Gasteiger partial charge in [0.15, 0.2) is 11.5 Å². The first-order valence-corrected chi connectivity index (χ1v) is 7.54. The van der Waals surface area contributed by atoms with Gasteiger partial charge in [0, 0.05) is 12.7 Å². The lowest BCUT2D eigenvalue weighted by Crippen LogP contribution is -2.16. The average Bonchev–Trinajstić information content (AvgIpc) is 3.18. The Morgan fingerprint density at radius 2 is 2.17 bits per heavy atom. The van der Waals surface area contributed by atoms with Crippen molar-refractivity contribution in [3.05, 3.63) is 36.0 Å². The van der Waals surface area contributed by atoms with Crippen LogP contribution in [0.5, 0.6) is 17.4 Å². The van der Waals surface area contributed by atoms with E-state index in [1.807, 2.05) is 18.2 Å². The molecule has 3 rings (SSSR count). The molecular formula is C17H19N3O3. The molecule has 6 nitrogen and oxygen atoms in total. The van der Waals surface area contributed by atoms with Crippen molar-refractivity contribution in [3.8, 4) is 23.4 Å². The molecule has 1 aliphatic heterocycles. The molecule has 1 aromatic carbocycles. The summed E-state index contributed by atoms with van der Waals surface area (Å²) < 4.78 is 18.7. The van der Waals surface area contributed by atoms with Gasteiger partial charge in [0.2, 0.25) is 5.88 Å². The molecule has 6 heteroatoms. The van der Waals surface area contributed by atoms with Crippen molar-refractivity contribution >= 4 is 5.69 Å². The maximum Gasteiger partial charge on any atom is 0.224 e. The monoisotopic (exact) mass is 313 g/mol. The molecule has 0 bridgehead atoms. The number of benzene rings is 1. The summed E-state index contributed by atoms with van der Waals surface area (Å²) in [5.74, 6) is 1.61. The van der Waals surface area contributed by atoms with E-state index in [1.54, 1.807) is 23.8 Å². The fourth-order valence-corrected chi connectivity index (χ4v) is 2.74. The second kappa shape index (κ2) is 6.63. The van der Waals surface area contributed by atoms with E-state index >= 15 is 0 Å². The third-order valence-electron chi connectivity index (χ3n) is 3.88. The highest BCUT2D eigenvalue weighted by molar-refractivity contribution is 5.57. The zero-order chi connectivity index (χ0) is 16.2. The van der Waals surface area contributed by atoms with Gasteiger partial charge in [0.05, 0.1) is 25.4 Å². The minimum atomic E-state index is 0.0777. The fourth-order valence-electron chi connectivity index (χ4n) is 2.74. The van der Waals surface area contributed by atoms with E-state index in [2.05, 4.69) is 6.07 Å². The van der Waals surface area contributed by atoms with E-state index in [0.717, 1.165) is 19.4 Å². The lowest BCUT2D eigenvalue weighted by atomic mass is 10.2. The maximum absolute atomic E-state index is 9.35. The first-order chi connectivity index (χ1) is 11.2. The van der Waals surface area contributed by atoms with Crippen molar-refractivity contribution in [2.24, 2.45) is 0 Å². The SMILES string of the molecule is COc1ccccc1Oc1c(N)cc(C#N)n1C[C@@H]1CCCO1. The van der Waals surface area contributed by atoms with Gasteiger partial charge in [-0.15, -0.1) is 0 Å². The fraction of sp³-hybridized carbons (Fsp3) is 0.353. The summed E-state index contributed by atoms with van der Waals surface area (Å²) in [6.45, 7) is 1.30. The van der Waals surface area contributed by atoms with Gasteiger partial charge in [0.25, 0.3) is 0 Å². The molecule has 1 fully saturated rings. The summed E-state index contributed by atoms with van der Waals surface area (Å²) in [4.78, 5) is 0. The van der Waals surface area contributed by atoms with Gasteiger partial charge >= 0.3 is 0 Å². The number of para-hydroxylation sites is 2. The van der Waals surface area contributed by atoms with Crippen LogP contribution < -0.4 is 15.2 Å². The topological polar surface area (TPSA) is 82.4 Å². The second-order valence-corrected chi connectivity index (χ2v) is 5.40. The van der Waals surface area contributed by atoms with Gasteiger partial charge in [-0.1, -0.05) is 12.1 Å². The number of rotatable bonds is 5. The Bertz CT molecular complexity index is 727. The third kappa shape index (κ3) is 3.10. The van der Waals surface area contributed by atoms with Crippen molar-refractivity contribution in [2.75, 3.05) is 19.5 Å².